The van der Waals surface area contributed by atoms with Gasteiger partial charge in [0.05, 0.1) is 6.61 Å². The molecule has 1 aliphatic heterocycles. The summed E-state index contributed by atoms with van der Waals surface area (Å²) in [5.41, 5.74) is 0. The molecule has 2 amide bonds. The van der Waals surface area contributed by atoms with Gasteiger partial charge in [-0.15, -0.1) is 0 Å². The Kier molecular flexibility index (Phi) is 5.62. The third-order valence-electron chi connectivity index (χ3n) is 4.74. The highest BCUT2D eigenvalue weighted by Gasteiger charge is 2.44. The van der Waals surface area contributed by atoms with E-state index in [-0.39, 0.29) is 29.8 Å². The Bertz CT molecular complexity index is 378. The lowest BCUT2D eigenvalue weighted by molar-refractivity contribution is -0.153. The van der Waals surface area contributed by atoms with Crippen molar-refractivity contribution in [2.75, 3.05) is 20.3 Å². The fraction of sp³-hybridized carbons (Fsp3) is 0.875. The molecule has 0 aromatic rings. The fourth-order valence-electron chi connectivity index (χ4n) is 3.65. The highest BCUT2D eigenvalue weighted by Crippen LogP contribution is 2.30. The topological polar surface area (TPSA) is 58.6 Å². The van der Waals surface area contributed by atoms with Gasteiger partial charge in [0.15, 0.2) is 0 Å². The molecule has 21 heavy (non-hydrogen) atoms. The van der Waals surface area contributed by atoms with Crippen LogP contribution in [0.15, 0.2) is 0 Å². The Morgan fingerprint density at radius 2 is 1.90 bits per heavy atom. The van der Waals surface area contributed by atoms with Crippen LogP contribution in [0.4, 0.5) is 0 Å². The summed E-state index contributed by atoms with van der Waals surface area (Å²) < 4.78 is 5.11. The Morgan fingerprint density at radius 3 is 2.48 bits per heavy atom. The first-order valence-corrected chi connectivity index (χ1v) is 8.16. The molecule has 1 N–H and O–H groups in total. The van der Waals surface area contributed by atoms with E-state index in [1.54, 1.807) is 12.0 Å². The normalized spacial score (nSPS) is 28.1. The van der Waals surface area contributed by atoms with E-state index in [9.17, 15) is 9.59 Å². The standard InChI is InChI=1S/C16H28N2O3/c1-11(2)14-15(19)17-13(12-7-5-4-6-8-12)16(20)18(14)9-10-21-3/h11-14H,4-10H2,1-3H3,(H,17,19). The van der Waals surface area contributed by atoms with E-state index in [0.717, 1.165) is 25.7 Å². The maximum absolute atomic E-state index is 12.8. The maximum Gasteiger partial charge on any atom is 0.246 e. The van der Waals surface area contributed by atoms with Gasteiger partial charge in [0.25, 0.3) is 0 Å². The van der Waals surface area contributed by atoms with Gasteiger partial charge < -0.3 is 15.0 Å². The first-order chi connectivity index (χ1) is 10.1. The summed E-state index contributed by atoms with van der Waals surface area (Å²) in [5, 5.41) is 3.00. The predicted molar refractivity (Wildman–Crippen MR) is 80.7 cm³/mol. The molecule has 0 bridgehead atoms. The van der Waals surface area contributed by atoms with Crippen molar-refractivity contribution in [3.8, 4) is 0 Å². The monoisotopic (exact) mass is 296 g/mol. The third-order valence-corrected chi connectivity index (χ3v) is 4.74. The average molecular weight is 296 g/mol. The van der Waals surface area contributed by atoms with Gasteiger partial charge >= 0.3 is 0 Å². The molecular weight excluding hydrogens is 268 g/mol. The third kappa shape index (κ3) is 3.57. The number of nitrogens with zero attached hydrogens (tertiary/aromatic N) is 1. The Hall–Kier alpha value is -1.10. The molecule has 2 atom stereocenters. The number of hydrogen-bond donors (Lipinski definition) is 1. The van der Waals surface area contributed by atoms with E-state index in [1.807, 2.05) is 13.8 Å². The number of hydrogen-bond acceptors (Lipinski definition) is 3. The molecule has 2 fully saturated rings. The zero-order chi connectivity index (χ0) is 15.4. The van der Waals surface area contributed by atoms with E-state index in [0.29, 0.717) is 19.1 Å². The summed E-state index contributed by atoms with van der Waals surface area (Å²) in [7, 11) is 1.62. The van der Waals surface area contributed by atoms with Gasteiger partial charge in [0.1, 0.15) is 12.1 Å². The van der Waals surface area contributed by atoms with E-state index in [4.69, 9.17) is 4.74 Å². The number of piperazine rings is 1. The molecule has 2 unspecified atom stereocenters. The maximum atomic E-state index is 12.8. The number of ether oxygens (including phenoxy) is 1. The summed E-state index contributed by atoms with van der Waals surface area (Å²) in [6.07, 6.45) is 5.65. The van der Waals surface area contributed by atoms with Gasteiger partial charge in [0.2, 0.25) is 11.8 Å². The molecule has 0 aromatic heterocycles. The second kappa shape index (κ2) is 7.25. The molecule has 1 heterocycles. The van der Waals surface area contributed by atoms with Crippen molar-refractivity contribution >= 4 is 11.8 Å². The zero-order valence-electron chi connectivity index (χ0n) is 13.4. The fourth-order valence-corrected chi connectivity index (χ4v) is 3.65. The van der Waals surface area contributed by atoms with Crippen molar-refractivity contribution in [1.82, 2.24) is 10.2 Å². The SMILES string of the molecule is COCCN1C(=O)C(C2CCCCC2)NC(=O)C1C(C)C. The summed E-state index contributed by atoms with van der Waals surface area (Å²) in [5.74, 6) is 0.486. The number of carbonyl (C=O) groups excluding carboxylic acids is 2. The minimum absolute atomic E-state index is 0.00345. The van der Waals surface area contributed by atoms with Crippen LogP contribution in [-0.2, 0) is 14.3 Å². The lowest BCUT2D eigenvalue weighted by Gasteiger charge is -2.43. The number of methoxy groups -OCH3 is 1. The first kappa shape index (κ1) is 16.3. The largest absolute Gasteiger partial charge is 0.383 e. The van der Waals surface area contributed by atoms with Crippen LogP contribution in [0.2, 0.25) is 0 Å². The highest BCUT2D eigenvalue weighted by atomic mass is 16.5. The lowest BCUT2D eigenvalue weighted by atomic mass is 9.81. The van der Waals surface area contributed by atoms with Crippen LogP contribution < -0.4 is 5.32 Å². The van der Waals surface area contributed by atoms with Crippen molar-refractivity contribution in [2.24, 2.45) is 11.8 Å². The van der Waals surface area contributed by atoms with Crippen LogP contribution in [0.3, 0.4) is 0 Å². The van der Waals surface area contributed by atoms with Crippen LogP contribution in [0.5, 0.6) is 0 Å². The Balaban J connectivity index is 2.15. The Morgan fingerprint density at radius 1 is 1.24 bits per heavy atom. The van der Waals surface area contributed by atoms with Gasteiger partial charge in [-0.3, -0.25) is 9.59 Å². The molecular formula is C16H28N2O3. The van der Waals surface area contributed by atoms with Gasteiger partial charge in [-0.2, -0.15) is 0 Å². The molecule has 2 aliphatic rings. The summed E-state index contributed by atoms with van der Waals surface area (Å²) in [6.45, 7) is 4.94. The summed E-state index contributed by atoms with van der Waals surface area (Å²) in [4.78, 5) is 27.1. The van der Waals surface area contributed by atoms with Crippen LogP contribution >= 0.6 is 0 Å². The van der Waals surface area contributed by atoms with Gasteiger partial charge in [-0.05, 0) is 24.7 Å². The number of nitrogens with one attached hydrogen (secondary N) is 1. The molecule has 0 spiro atoms. The zero-order valence-corrected chi connectivity index (χ0v) is 13.4. The predicted octanol–water partition coefficient (Wildman–Crippen LogP) is 1.56. The van der Waals surface area contributed by atoms with Crippen molar-refractivity contribution in [1.29, 1.82) is 0 Å². The Labute approximate surface area is 127 Å². The molecule has 0 aromatic carbocycles. The molecule has 5 heteroatoms. The first-order valence-electron chi connectivity index (χ1n) is 8.16. The van der Waals surface area contributed by atoms with E-state index in [2.05, 4.69) is 5.32 Å². The number of rotatable bonds is 5. The summed E-state index contributed by atoms with van der Waals surface area (Å²) in [6, 6.07) is -0.697. The number of amides is 2. The molecule has 1 saturated heterocycles. The van der Waals surface area contributed by atoms with Crippen LogP contribution in [0.25, 0.3) is 0 Å². The van der Waals surface area contributed by atoms with E-state index in [1.165, 1.54) is 6.42 Å². The molecule has 0 radical (unpaired) electrons. The minimum Gasteiger partial charge on any atom is -0.383 e. The van der Waals surface area contributed by atoms with Crippen molar-refractivity contribution in [3.05, 3.63) is 0 Å². The van der Waals surface area contributed by atoms with Crippen molar-refractivity contribution in [3.63, 3.8) is 0 Å². The second-order valence-corrected chi connectivity index (χ2v) is 6.60. The molecule has 1 aliphatic carbocycles. The van der Waals surface area contributed by atoms with Crippen molar-refractivity contribution < 1.29 is 14.3 Å². The highest BCUT2D eigenvalue weighted by molar-refractivity contribution is 5.97. The second-order valence-electron chi connectivity index (χ2n) is 6.60. The molecule has 2 rings (SSSR count). The van der Waals surface area contributed by atoms with Crippen LogP contribution in [0.1, 0.15) is 46.0 Å². The van der Waals surface area contributed by atoms with Crippen molar-refractivity contribution in [2.45, 2.75) is 58.0 Å². The van der Waals surface area contributed by atoms with E-state index >= 15 is 0 Å². The lowest BCUT2D eigenvalue weighted by Crippen LogP contribution is -2.67. The number of carbonyl (C=O) groups is 2. The summed E-state index contributed by atoms with van der Waals surface area (Å²) >= 11 is 0. The van der Waals surface area contributed by atoms with Crippen LogP contribution in [-0.4, -0.2) is 49.1 Å². The van der Waals surface area contributed by atoms with Crippen LogP contribution in [0, 0.1) is 11.8 Å². The smallest absolute Gasteiger partial charge is 0.246 e. The van der Waals surface area contributed by atoms with Gasteiger partial charge in [-0.25, -0.2) is 0 Å². The van der Waals surface area contributed by atoms with Gasteiger partial charge in [-0.1, -0.05) is 33.1 Å². The van der Waals surface area contributed by atoms with E-state index < -0.39 is 0 Å². The molecule has 1 saturated carbocycles. The quantitative estimate of drug-likeness (QED) is 0.837. The molecule has 120 valence electrons. The van der Waals surface area contributed by atoms with Gasteiger partial charge in [0, 0.05) is 13.7 Å². The average Bonchev–Trinajstić information content (AvgIpc) is 2.48. The molecule has 5 nitrogen and oxygen atoms in total. The minimum atomic E-state index is -0.368.